The van der Waals surface area contributed by atoms with Crippen molar-refractivity contribution >= 4 is 11.8 Å². The van der Waals surface area contributed by atoms with Crippen molar-refractivity contribution in [3.05, 3.63) is 35.9 Å². The van der Waals surface area contributed by atoms with Crippen molar-refractivity contribution < 1.29 is 22.8 Å². The second kappa shape index (κ2) is 6.22. The zero-order chi connectivity index (χ0) is 17.3. The van der Waals surface area contributed by atoms with Crippen LogP contribution >= 0.6 is 0 Å². The van der Waals surface area contributed by atoms with Crippen LogP contribution in [0.25, 0.3) is 0 Å². The molecule has 126 valence electrons. The summed E-state index contributed by atoms with van der Waals surface area (Å²) in [6.45, 7) is 2.11. The summed E-state index contributed by atoms with van der Waals surface area (Å²) in [6.07, 6.45) is -4.64. The van der Waals surface area contributed by atoms with Crippen LogP contribution in [0.2, 0.25) is 0 Å². The van der Waals surface area contributed by atoms with E-state index < -0.39 is 36.0 Å². The zero-order valence-corrected chi connectivity index (χ0v) is 13.0. The number of carbonyl (C=O) groups excluding carboxylic acids is 2. The molecule has 1 saturated heterocycles. The Balaban J connectivity index is 2.01. The monoisotopic (exact) mass is 328 g/mol. The van der Waals surface area contributed by atoms with Crippen molar-refractivity contribution in [1.29, 1.82) is 0 Å². The zero-order valence-electron chi connectivity index (χ0n) is 13.0. The molecule has 1 aromatic carbocycles. The van der Waals surface area contributed by atoms with E-state index in [1.807, 2.05) is 44.2 Å². The maximum Gasteiger partial charge on any atom is 0.406 e. The van der Waals surface area contributed by atoms with Crippen LogP contribution in [0.4, 0.5) is 13.2 Å². The molecule has 4 nitrogen and oxygen atoms in total. The summed E-state index contributed by atoms with van der Waals surface area (Å²) < 4.78 is 37.2. The minimum atomic E-state index is -4.45. The molecule has 0 radical (unpaired) electrons. The first-order chi connectivity index (χ1) is 10.6. The Hall–Kier alpha value is -2.05. The highest BCUT2D eigenvalue weighted by atomic mass is 19.4. The van der Waals surface area contributed by atoms with Gasteiger partial charge in [-0.3, -0.25) is 9.59 Å². The standard InChI is InChI=1S/C16H19F3N2O2/c1-15(2,12-6-4-3-5-7-12)20-14(23)11-8-13(22)21(9-11)10-16(17,18)19/h3-7,11H,8-10H2,1-2H3,(H,20,23)/t11-/m0/s1. The average Bonchev–Trinajstić information content (AvgIpc) is 2.79. The number of nitrogens with zero attached hydrogens (tertiary/aromatic N) is 1. The lowest BCUT2D eigenvalue weighted by molar-refractivity contribution is -0.157. The van der Waals surface area contributed by atoms with Crippen molar-refractivity contribution in [1.82, 2.24) is 10.2 Å². The molecule has 1 fully saturated rings. The van der Waals surface area contributed by atoms with E-state index in [-0.39, 0.29) is 13.0 Å². The average molecular weight is 328 g/mol. The highest BCUT2D eigenvalue weighted by Crippen LogP contribution is 2.26. The molecule has 0 unspecified atom stereocenters. The number of carbonyl (C=O) groups is 2. The van der Waals surface area contributed by atoms with Gasteiger partial charge in [0.2, 0.25) is 11.8 Å². The lowest BCUT2D eigenvalue weighted by Gasteiger charge is -2.28. The van der Waals surface area contributed by atoms with E-state index in [0.29, 0.717) is 4.90 Å². The molecule has 2 rings (SSSR count). The summed E-state index contributed by atoms with van der Waals surface area (Å²) in [5, 5.41) is 2.82. The minimum absolute atomic E-state index is 0.188. The fourth-order valence-corrected chi connectivity index (χ4v) is 2.65. The summed E-state index contributed by atoms with van der Waals surface area (Å²) in [5.74, 6) is -1.80. The Morgan fingerprint density at radius 3 is 2.43 bits per heavy atom. The van der Waals surface area contributed by atoms with Crippen molar-refractivity contribution in [3.8, 4) is 0 Å². The summed E-state index contributed by atoms with van der Waals surface area (Å²) in [5.41, 5.74) is 0.212. The molecule has 0 aliphatic carbocycles. The highest BCUT2D eigenvalue weighted by molar-refractivity contribution is 5.89. The van der Waals surface area contributed by atoms with E-state index in [2.05, 4.69) is 5.32 Å². The van der Waals surface area contributed by atoms with Crippen LogP contribution in [-0.2, 0) is 15.1 Å². The van der Waals surface area contributed by atoms with Gasteiger partial charge in [0, 0.05) is 13.0 Å². The third kappa shape index (κ3) is 4.46. The predicted molar refractivity (Wildman–Crippen MR) is 78.4 cm³/mol. The van der Waals surface area contributed by atoms with Crippen molar-refractivity contribution in [3.63, 3.8) is 0 Å². The summed E-state index contributed by atoms with van der Waals surface area (Å²) >= 11 is 0. The Morgan fingerprint density at radius 2 is 1.87 bits per heavy atom. The molecule has 0 spiro atoms. The first-order valence-electron chi connectivity index (χ1n) is 7.30. The van der Waals surface area contributed by atoms with E-state index in [9.17, 15) is 22.8 Å². The van der Waals surface area contributed by atoms with Crippen LogP contribution < -0.4 is 5.32 Å². The van der Waals surface area contributed by atoms with E-state index >= 15 is 0 Å². The Kier molecular flexibility index (Phi) is 4.68. The Bertz CT molecular complexity index is 585. The van der Waals surface area contributed by atoms with E-state index in [4.69, 9.17) is 0 Å². The summed E-state index contributed by atoms with van der Waals surface area (Å²) in [4.78, 5) is 24.7. The van der Waals surface area contributed by atoms with Crippen molar-refractivity contribution in [2.75, 3.05) is 13.1 Å². The molecule has 1 aromatic rings. The smallest absolute Gasteiger partial charge is 0.347 e. The van der Waals surface area contributed by atoms with Gasteiger partial charge in [0.1, 0.15) is 6.54 Å². The Labute approximate surface area is 132 Å². The Morgan fingerprint density at radius 1 is 1.26 bits per heavy atom. The van der Waals surface area contributed by atoms with Gasteiger partial charge >= 0.3 is 6.18 Å². The lowest BCUT2D eigenvalue weighted by atomic mass is 9.93. The molecule has 2 amide bonds. The molecular formula is C16H19F3N2O2. The number of alkyl halides is 3. The first-order valence-corrected chi connectivity index (χ1v) is 7.30. The van der Waals surface area contributed by atoms with Gasteiger partial charge in [0.05, 0.1) is 11.5 Å². The van der Waals surface area contributed by atoms with Crippen LogP contribution in [0.5, 0.6) is 0 Å². The number of amides is 2. The van der Waals surface area contributed by atoms with Gasteiger partial charge in [-0.1, -0.05) is 30.3 Å². The van der Waals surface area contributed by atoms with E-state index in [1.165, 1.54) is 0 Å². The summed E-state index contributed by atoms with van der Waals surface area (Å²) in [6, 6.07) is 9.25. The molecule has 1 aliphatic rings. The molecule has 1 aliphatic heterocycles. The molecule has 0 aromatic heterocycles. The number of rotatable bonds is 4. The lowest BCUT2D eigenvalue weighted by Crippen LogP contribution is -2.45. The normalized spacial score (nSPS) is 19.1. The van der Waals surface area contributed by atoms with Gasteiger partial charge < -0.3 is 10.2 Å². The van der Waals surface area contributed by atoms with Crippen LogP contribution in [-0.4, -0.2) is 36.0 Å². The van der Waals surface area contributed by atoms with Crippen LogP contribution in [0.1, 0.15) is 25.8 Å². The van der Waals surface area contributed by atoms with E-state index in [0.717, 1.165) is 5.56 Å². The third-order valence-electron chi connectivity index (χ3n) is 3.89. The van der Waals surface area contributed by atoms with Gasteiger partial charge in [-0.15, -0.1) is 0 Å². The number of hydrogen-bond donors (Lipinski definition) is 1. The molecular weight excluding hydrogens is 309 g/mol. The molecule has 0 bridgehead atoms. The minimum Gasteiger partial charge on any atom is -0.347 e. The number of nitrogens with one attached hydrogen (secondary N) is 1. The number of benzene rings is 1. The molecule has 23 heavy (non-hydrogen) atoms. The second-order valence-corrected chi connectivity index (χ2v) is 6.27. The molecule has 1 N–H and O–H groups in total. The quantitative estimate of drug-likeness (QED) is 0.923. The fourth-order valence-electron chi connectivity index (χ4n) is 2.65. The van der Waals surface area contributed by atoms with Gasteiger partial charge in [-0.25, -0.2) is 0 Å². The van der Waals surface area contributed by atoms with Gasteiger partial charge in [-0.2, -0.15) is 13.2 Å². The van der Waals surface area contributed by atoms with Crippen LogP contribution in [0.15, 0.2) is 30.3 Å². The topological polar surface area (TPSA) is 49.4 Å². The largest absolute Gasteiger partial charge is 0.406 e. The maximum atomic E-state index is 12.4. The van der Waals surface area contributed by atoms with Crippen LogP contribution in [0.3, 0.4) is 0 Å². The number of likely N-dealkylation sites (tertiary alicyclic amines) is 1. The van der Waals surface area contributed by atoms with Gasteiger partial charge in [0.15, 0.2) is 0 Å². The first kappa shape index (κ1) is 17.3. The molecule has 0 saturated carbocycles. The summed E-state index contributed by atoms with van der Waals surface area (Å²) in [7, 11) is 0. The van der Waals surface area contributed by atoms with Gasteiger partial charge in [0.25, 0.3) is 0 Å². The second-order valence-electron chi connectivity index (χ2n) is 6.27. The molecule has 7 heteroatoms. The van der Waals surface area contributed by atoms with E-state index in [1.54, 1.807) is 0 Å². The highest BCUT2D eigenvalue weighted by Gasteiger charge is 2.41. The molecule has 1 atom stereocenters. The van der Waals surface area contributed by atoms with Crippen molar-refractivity contribution in [2.24, 2.45) is 5.92 Å². The van der Waals surface area contributed by atoms with Crippen LogP contribution in [0, 0.1) is 5.92 Å². The number of hydrogen-bond acceptors (Lipinski definition) is 2. The maximum absolute atomic E-state index is 12.4. The molecule has 1 heterocycles. The predicted octanol–water partition coefficient (Wildman–Crippen LogP) is 2.45. The number of halogens is 3. The van der Waals surface area contributed by atoms with Gasteiger partial charge in [-0.05, 0) is 19.4 Å². The fraction of sp³-hybridized carbons (Fsp3) is 0.500. The van der Waals surface area contributed by atoms with Crippen molar-refractivity contribution in [2.45, 2.75) is 32.0 Å². The SMILES string of the molecule is CC(C)(NC(=O)[C@H]1CC(=O)N(CC(F)(F)F)C1)c1ccccc1. The third-order valence-corrected chi connectivity index (χ3v) is 3.89.